The largest absolute Gasteiger partial charge is 0.463 e. The van der Waals surface area contributed by atoms with Crippen molar-refractivity contribution in [1.29, 1.82) is 0 Å². The van der Waals surface area contributed by atoms with Crippen LogP contribution in [0.4, 0.5) is 0 Å². The molecule has 0 saturated carbocycles. The third-order valence-corrected chi connectivity index (χ3v) is 21.0. The molecule has 20 nitrogen and oxygen atoms in total. The number of ether oxygens (including phenoxy) is 12. The van der Waals surface area contributed by atoms with Crippen molar-refractivity contribution in [1.82, 2.24) is 0 Å². The Hall–Kier alpha value is -6.48. The van der Waals surface area contributed by atoms with E-state index in [4.69, 9.17) is 56.8 Å². The van der Waals surface area contributed by atoms with Gasteiger partial charge in [0.25, 0.3) is 0 Å². The molecule has 0 spiro atoms. The SMILES string of the molecule is CCCCCCCCCCCCc1cc(C#CCO[C@H]2O[C@H](COC(C)=O)[C@@H](OC(C)=O)[C@H](OC(C)=O)[C@@H]2OC(C)=O)sc1-c1ccc(-c2ccc(-c3sc(C#CCO[C@H]4O[C@H](COC(C)=O)[C@@H](OC(C)=O)[C@H](OC(C)=O)[C@@H]4OC(C)=O)cc3CCCCCCCCCCCC)s2)s1. The zero-order chi connectivity index (χ0) is 70.9. The van der Waals surface area contributed by atoms with Crippen LogP contribution in [0.3, 0.4) is 0 Å². The van der Waals surface area contributed by atoms with Crippen LogP contribution in [0.5, 0.6) is 0 Å². The van der Waals surface area contributed by atoms with Gasteiger partial charge in [0.2, 0.25) is 0 Å². The molecule has 6 rings (SSSR count). The second-order valence-electron chi connectivity index (χ2n) is 24.5. The minimum absolute atomic E-state index is 0.203. The maximum absolute atomic E-state index is 12.5. The van der Waals surface area contributed by atoms with E-state index in [-0.39, 0.29) is 26.4 Å². The highest BCUT2D eigenvalue weighted by Gasteiger charge is 2.54. The summed E-state index contributed by atoms with van der Waals surface area (Å²) in [5.41, 5.74) is 2.40. The number of thiophene rings is 4. The van der Waals surface area contributed by atoms with Gasteiger partial charge in [-0.05, 0) is 73.2 Å². The van der Waals surface area contributed by atoms with Crippen molar-refractivity contribution in [3.05, 3.63) is 57.3 Å². The summed E-state index contributed by atoms with van der Waals surface area (Å²) >= 11 is 6.66. The monoisotopic (exact) mass is 1430 g/mol. The number of carbonyl (C=O) groups is 8. The normalized spacial score (nSPS) is 20.3. The van der Waals surface area contributed by atoms with Crippen LogP contribution in [0.1, 0.15) is 219 Å². The molecule has 0 bridgehead atoms. The first-order valence-corrected chi connectivity index (χ1v) is 37.7. The van der Waals surface area contributed by atoms with Gasteiger partial charge < -0.3 is 56.8 Å². The summed E-state index contributed by atoms with van der Waals surface area (Å²) in [6.07, 6.45) is 12.9. The Bertz CT molecular complexity index is 3120. The van der Waals surface area contributed by atoms with Gasteiger partial charge in [-0.25, -0.2) is 0 Å². The first kappa shape index (κ1) is 80.5. The molecule has 0 aromatic carbocycles. The molecule has 24 heteroatoms. The predicted molar refractivity (Wildman–Crippen MR) is 375 cm³/mol. The number of esters is 8. The molecule has 10 atom stereocenters. The highest BCUT2D eigenvalue weighted by Crippen LogP contribution is 2.46. The van der Waals surface area contributed by atoms with Crippen LogP contribution in [-0.4, -0.2) is 136 Å². The van der Waals surface area contributed by atoms with Gasteiger partial charge in [-0.1, -0.05) is 153 Å². The minimum atomic E-state index is -1.37. The Balaban J connectivity index is 1.25. The van der Waals surface area contributed by atoms with Crippen molar-refractivity contribution in [3.63, 3.8) is 0 Å². The van der Waals surface area contributed by atoms with Crippen LogP contribution in [-0.2, 0) is 108 Å². The summed E-state index contributed by atoms with van der Waals surface area (Å²) in [4.78, 5) is 107. The number of hydrogen-bond donors (Lipinski definition) is 0. The van der Waals surface area contributed by atoms with E-state index in [1.807, 2.05) is 0 Å². The molecule has 98 heavy (non-hydrogen) atoms. The van der Waals surface area contributed by atoms with Gasteiger partial charge >= 0.3 is 47.8 Å². The van der Waals surface area contributed by atoms with Crippen LogP contribution in [0, 0.1) is 23.7 Å². The quantitative estimate of drug-likeness (QED) is 0.0174. The van der Waals surface area contributed by atoms with Crippen molar-refractivity contribution >= 4 is 93.1 Å². The molecular formula is C74H98O20S4. The first-order valence-electron chi connectivity index (χ1n) is 34.4. The molecule has 538 valence electrons. The molecule has 0 aliphatic carbocycles. The van der Waals surface area contributed by atoms with Gasteiger partial charge in [-0.3, -0.25) is 38.4 Å². The highest BCUT2D eigenvalue weighted by molar-refractivity contribution is 7.28. The fourth-order valence-corrected chi connectivity index (χ4v) is 16.3. The summed E-state index contributed by atoms with van der Waals surface area (Å²) in [6, 6.07) is 13.0. The predicted octanol–water partition coefficient (Wildman–Crippen LogP) is 14.8. The molecule has 4 aromatic rings. The molecule has 0 N–H and O–H groups in total. The Morgan fingerprint density at radius 3 is 0.980 bits per heavy atom. The van der Waals surface area contributed by atoms with E-state index in [9.17, 15) is 38.4 Å². The van der Waals surface area contributed by atoms with E-state index in [0.717, 1.165) is 105 Å². The average Bonchev–Trinajstić information content (AvgIpc) is 1.04. The van der Waals surface area contributed by atoms with Gasteiger partial charge in [0.15, 0.2) is 49.2 Å². The van der Waals surface area contributed by atoms with Crippen LogP contribution in [0.2, 0.25) is 0 Å². The fourth-order valence-electron chi connectivity index (χ4n) is 11.7. The lowest BCUT2D eigenvalue weighted by Crippen LogP contribution is -2.63. The molecule has 0 unspecified atom stereocenters. The highest BCUT2D eigenvalue weighted by atomic mass is 32.1. The topological polar surface area (TPSA) is 247 Å². The summed E-state index contributed by atoms with van der Waals surface area (Å²) in [7, 11) is 0. The smallest absolute Gasteiger partial charge is 0.303 e. The Morgan fingerprint density at radius 1 is 0.367 bits per heavy atom. The lowest BCUT2D eigenvalue weighted by molar-refractivity contribution is -0.305. The summed E-state index contributed by atoms with van der Waals surface area (Å²) in [5.74, 6) is 7.09. The molecular weight excluding hydrogens is 1340 g/mol. The number of aryl methyl sites for hydroxylation is 2. The Labute approximate surface area is 593 Å². The second kappa shape index (κ2) is 43.2. The van der Waals surface area contributed by atoms with Gasteiger partial charge in [-0.15, -0.1) is 45.3 Å². The van der Waals surface area contributed by atoms with Crippen molar-refractivity contribution in [3.8, 4) is 52.9 Å². The van der Waals surface area contributed by atoms with Gasteiger partial charge in [0, 0.05) is 84.7 Å². The van der Waals surface area contributed by atoms with Gasteiger partial charge in [0.1, 0.15) is 38.6 Å². The van der Waals surface area contributed by atoms with Crippen molar-refractivity contribution in [2.45, 2.75) is 272 Å². The molecule has 6 heterocycles. The van der Waals surface area contributed by atoms with Gasteiger partial charge in [-0.2, -0.15) is 0 Å². The summed E-state index contributed by atoms with van der Waals surface area (Å²) < 4.78 is 68.4. The summed E-state index contributed by atoms with van der Waals surface area (Å²) in [6.45, 7) is 12.7. The molecule has 2 aliphatic rings. The zero-order valence-electron chi connectivity index (χ0n) is 58.4. The summed E-state index contributed by atoms with van der Waals surface area (Å²) in [5, 5.41) is 0. The molecule has 2 fully saturated rings. The zero-order valence-corrected chi connectivity index (χ0v) is 61.7. The second-order valence-corrected chi connectivity index (χ2v) is 28.8. The van der Waals surface area contributed by atoms with Gasteiger partial charge in [0.05, 0.1) is 9.75 Å². The number of rotatable bonds is 39. The minimum Gasteiger partial charge on any atom is -0.463 e. The van der Waals surface area contributed by atoms with Crippen molar-refractivity contribution in [2.24, 2.45) is 0 Å². The first-order chi connectivity index (χ1) is 47.1. The van der Waals surface area contributed by atoms with E-state index in [0.29, 0.717) is 0 Å². The van der Waals surface area contributed by atoms with Crippen LogP contribution in [0.25, 0.3) is 29.3 Å². The number of hydrogen-bond acceptors (Lipinski definition) is 24. The van der Waals surface area contributed by atoms with E-state index >= 15 is 0 Å². The number of unbranched alkanes of at least 4 members (excludes halogenated alkanes) is 18. The maximum Gasteiger partial charge on any atom is 0.303 e. The molecule has 4 aromatic heterocycles. The van der Waals surface area contributed by atoms with Crippen LogP contribution < -0.4 is 0 Å². The van der Waals surface area contributed by atoms with Crippen LogP contribution in [0.15, 0.2) is 36.4 Å². The lowest BCUT2D eigenvalue weighted by atomic mass is 9.98. The van der Waals surface area contributed by atoms with E-state index in [2.05, 4.69) is 73.9 Å². The maximum atomic E-state index is 12.5. The lowest BCUT2D eigenvalue weighted by Gasteiger charge is -2.43. The third kappa shape index (κ3) is 27.6. The molecule has 0 amide bonds. The fraction of sp³-hybridized carbons (Fsp3) is 0.622. The van der Waals surface area contributed by atoms with E-state index in [1.165, 1.54) is 142 Å². The van der Waals surface area contributed by atoms with Crippen molar-refractivity contribution in [2.75, 3.05) is 26.4 Å². The average molecular weight is 1440 g/mol. The van der Waals surface area contributed by atoms with Crippen molar-refractivity contribution < 1.29 is 95.2 Å². The number of carbonyl (C=O) groups excluding carboxylic acids is 8. The van der Waals surface area contributed by atoms with E-state index < -0.39 is 109 Å². The Morgan fingerprint density at radius 2 is 0.663 bits per heavy atom. The Kier molecular flexibility index (Phi) is 35.5. The molecule has 2 aliphatic heterocycles. The standard InChI is InChI=1S/C74H98O20S4/c1-11-13-15-17-19-21-23-25-27-29-33-55-43-57(35-31-41-83-73-69(91-53(9)81)67(89-51(7)79)65(87-49(5)77)59(93-73)45-85-47(3)75)95-71(55)63-39-37-61(97-63)62-38-40-64(98-62)72-56(34-30-28-26-24-22-20-18-16-14-12-2)44-58(96-72)36-32-42-84-74-70(92-54(10)82)68(90-52(8)80)66(88-50(6)78)60(94-74)46-86-48(4)76/h37-40,43-44,59-60,65-70,73-74H,11-30,33-34,41-42,45-46H2,1-10H3/t59-,60-,65-,66-,67+,68+,69+,70+,73+,74+/m1/s1. The molecule has 2 saturated heterocycles. The third-order valence-electron chi connectivity index (χ3n) is 16.1. The molecule has 0 radical (unpaired) electrons. The van der Waals surface area contributed by atoms with E-state index in [1.54, 1.807) is 45.3 Å². The van der Waals surface area contributed by atoms with Crippen LogP contribution >= 0.6 is 45.3 Å².